The van der Waals surface area contributed by atoms with E-state index in [0.29, 0.717) is 13.0 Å². The Morgan fingerprint density at radius 3 is 2.72 bits per heavy atom. The second-order valence-electron chi connectivity index (χ2n) is 4.01. The fourth-order valence-corrected chi connectivity index (χ4v) is 3.30. The van der Waals surface area contributed by atoms with Gasteiger partial charge in [-0.2, -0.15) is 0 Å². The van der Waals surface area contributed by atoms with Crippen molar-refractivity contribution in [2.75, 3.05) is 18.9 Å². The van der Waals surface area contributed by atoms with Crippen LogP contribution in [0.5, 0.6) is 0 Å². The van der Waals surface area contributed by atoms with E-state index in [1.54, 1.807) is 0 Å². The summed E-state index contributed by atoms with van der Waals surface area (Å²) in [4.78, 5) is -0.0247. The Balaban J connectivity index is 2.86. The van der Waals surface area contributed by atoms with Gasteiger partial charge in [-0.05, 0) is 31.2 Å². The molecule has 4 nitrogen and oxygen atoms in total. The van der Waals surface area contributed by atoms with E-state index in [0.717, 1.165) is 6.07 Å². The highest BCUT2D eigenvalue weighted by Crippen LogP contribution is 2.14. The zero-order chi connectivity index (χ0) is 13.6. The molecule has 6 heteroatoms. The number of sulfone groups is 1. The molecular weight excluding hydrogens is 257 g/mol. The summed E-state index contributed by atoms with van der Waals surface area (Å²) in [5, 5.41) is 11.9. The van der Waals surface area contributed by atoms with Crippen molar-refractivity contribution in [1.29, 1.82) is 0 Å². The SMILES string of the molecule is CCNC(CCO)CS(=O)(=O)c1cccc(F)c1. The predicted molar refractivity (Wildman–Crippen MR) is 67.6 cm³/mol. The second kappa shape index (κ2) is 6.82. The van der Waals surface area contributed by atoms with E-state index in [4.69, 9.17) is 5.11 Å². The highest BCUT2D eigenvalue weighted by molar-refractivity contribution is 7.91. The van der Waals surface area contributed by atoms with Crippen LogP contribution in [0.4, 0.5) is 4.39 Å². The lowest BCUT2D eigenvalue weighted by atomic mass is 10.2. The van der Waals surface area contributed by atoms with E-state index < -0.39 is 15.7 Å². The molecule has 0 saturated carbocycles. The zero-order valence-electron chi connectivity index (χ0n) is 10.3. The summed E-state index contributed by atoms with van der Waals surface area (Å²) in [7, 11) is -3.54. The van der Waals surface area contributed by atoms with Gasteiger partial charge in [0.15, 0.2) is 9.84 Å². The van der Waals surface area contributed by atoms with Crippen LogP contribution < -0.4 is 5.32 Å². The summed E-state index contributed by atoms with van der Waals surface area (Å²) in [6.45, 7) is 2.39. The third kappa shape index (κ3) is 4.36. The smallest absolute Gasteiger partial charge is 0.180 e. The van der Waals surface area contributed by atoms with Gasteiger partial charge >= 0.3 is 0 Å². The summed E-state index contributed by atoms with van der Waals surface area (Å²) in [6.07, 6.45) is 0.350. The molecule has 0 bridgehead atoms. The maximum Gasteiger partial charge on any atom is 0.180 e. The number of benzene rings is 1. The van der Waals surface area contributed by atoms with Gasteiger partial charge in [-0.25, -0.2) is 12.8 Å². The van der Waals surface area contributed by atoms with E-state index in [9.17, 15) is 12.8 Å². The van der Waals surface area contributed by atoms with Crippen molar-refractivity contribution in [3.05, 3.63) is 30.1 Å². The van der Waals surface area contributed by atoms with Crippen molar-refractivity contribution < 1.29 is 17.9 Å². The van der Waals surface area contributed by atoms with Crippen LogP contribution in [0.25, 0.3) is 0 Å². The van der Waals surface area contributed by atoms with Crippen LogP contribution in [0, 0.1) is 5.82 Å². The first kappa shape index (κ1) is 15.1. The normalized spacial score (nSPS) is 13.5. The maximum absolute atomic E-state index is 13.0. The lowest BCUT2D eigenvalue weighted by Gasteiger charge is -2.16. The molecule has 1 aromatic rings. The minimum atomic E-state index is -3.54. The Kier molecular flexibility index (Phi) is 5.71. The van der Waals surface area contributed by atoms with Crippen LogP contribution in [0.2, 0.25) is 0 Å². The molecule has 0 aromatic heterocycles. The fourth-order valence-electron chi connectivity index (χ4n) is 1.71. The van der Waals surface area contributed by atoms with Gasteiger partial charge in [0.25, 0.3) is 0 Å². The quantitative estimate of drug-likeness (QED) is 0.778. The van der Waals surface area contributed by atoms with Gasteiger partial charge in [0.2, 0.25) is 0 Å². The van der Waals surface area contributed by atoms with Gasteiger partial charge in [-0.1, -0.05) is 13.0 Å². The molecule has 1 rings (SSSR count). The van der Waals surface area contributed by atoms with Gasteiger partial charge in [-0.15, -0.1) is 0 Å². The average Bonchev–Trinajstić information content (AvgIpc) is 2.29. The molecule has 0 heterocycles. The summed E-state index contributed by atoms with van der Waals surface area (Å²) in [5.74, 6) is -0.719. The van der Waals surface area contributed by atoms with Crippen LogP contribution >= 0.6 is 0 Å². The first-order valence-electron chi connectivity index (χ1n) is 5.82. The Labute approximate surface area is 107 Å². The van der Waals surface area contributed by atoms with Crippen molar-refractivity contribution in [1.82, 2.24) is 5.32 Å². The average molecular weight is 275 g/mol. The molecule has 0 spiro atoms. The molecule has 18 heavy (non-hydrogen) atoms. The van der Waals surface area contributed by atoms with Crippen LogP contribution in [0.15, 0.2) is 29.2 Å². The van der Waals surface area contributed by atoms with Crippen molar-refractivity contribution in [2.45, 2.75) is 24.3 Å². The minimum Gasteiger partial charge on any atom is -0.396 e. The van der Waals surface area contributed by atoms with Gasteiger partial charge in [-0.3, -0.25) is 0 Å². The second-order valence-corrected chi connectivity index (χ2v) is 6.04. The van der Waals surface area contributed by atoms with E-state index in [2.05, 4.69) is 5.32 Å². The van der Waals surface area contributed by atoms with Gasteiger partial charge in [0.1, 0.15) is 5.82 Å². The maximum atomic E-state index is 13.0. The van der Waals surface area contributed by atoms with E-state index in [-0.39, 0.29) is 23.3 Å². The first-order chi connectivity index (χ1) is 8.49. The van der Waals surface area contributed by atoms with Crippen molar-refractivity contribution in [3.63, 3.8) is 0 Å². The monoisotopic (exact) mass is 275 g/mol. The van der Waals surface area contributed by atoms with Gasteiger partial charge in [0, 0.05) is 12.6 Å². The molecule has 0 aliphatic carbocycles. The van der Waals surface area contributed by atoms with E-state index in [1.807, 2.05) is 6.92 Å². The molecule has 2 N–H and O–H groups in total. The minimum absolute atomic E-state index is 0.0247. The summed E-state index contributed by atoms with van der Waals surface area (Å²) in [5.41, 5.74) is 0. The molecule has 0 fully saturated rings. The van der Waals surface area contributed by atoms with Crippen molar-refractivity contribution >= 4 is 9.84 Å². The first-order valence-corrected chi connectivity index (χ1v) is 7.47. The number of halogens is 1. The molecule has 1 unspecified atom stereocenters. The fraction of sp³-hybridized carbons (Fsp3) is 0.500. The predicted octanol–water partition coefficient (Wildman–Crippen LogP) is 0.960. The number of nitrogens with one attached hydrogen (secondary N) is 1. The van der Waals surface area contributed by atoms with Crippen molar-refractivity contribution in [2.24, 2.45) is 0 Å². The number of rotatable bonds is 7. The standard InChI is InChI=1S/C12H18FNO3S/c1-2-14-11(6-7-15)9-18(16,17)12-5-3-4-10(13)8-12/h3-5,8,11,14-15H,2,6-7,9H2,1H3. The van der Waals surface area contributed by atoms with Crippen LogP contribution in [-0.2, 0) is 9.84 Å². The lowest BCUT2D eigenvalue weighted by Crippen LogP contribution is -2.36. The number of aliphatic hydroxyl groups excluding tert-OH is 1. The van der Waals surface area contributed by atoms with E-state index >= 15 is 0 Å². The number of hydrogen-bond donors (Lipinski definition) is 2. The summed E-state index contributed by atoms with van der Waals surface area (Å²) in [6, 6.07) is 4.64. The molecule has 0 radical (unpaired) electrons. The largest absolute Gasteiger partial charge is 0.396 e. The summed E-state index contributed by atoms with van der Waals surface area (Å²) >= 11 is 0. The number of aliphatic hydroxyl groups is 1. The Hall–Kier alpha value is -0.980. The Morgan fingerprint density at radius 2 is 2.17 bits per heavy atom. The Bertz CT molecular complexity index is 470. The van der Waals surface area contributed by atoms with Crippen LogP contribution in [-0.4, -0.2) is 38.5 Å². The molecule has 0 saturated heterocycles. The third-order valence-electron chi connectivity index (χ3n) is 2.55. The van der Waals surface area contributed by atoms with Gasteiger partial charge in [0.05, 0.1) is 10.6 Å². The van der Waals surface area contributed by atoms with Crippen LogP contribution in [0.1, 0.15) is 13.3 Å². The zero-order valence-corrected chi connectivity index (χ0v) is 11.1. The van der Waals surface area contributed by atoms with Crippen molar-refractivity contribution in [3.8, 4) is 0 Å². The molecule has 102 valence electrons. The third-order valence-corrected chi connectivity index (χ3v) is 4.36. The molecule has 0 aliphatic heterocycles. The summed E-state index contributed by atoms with van der Waals surface area (Å²) < 4.78 is 37.1. The lowest BCUT2D eigenvalue weighted by molar-refractivity contribution is 0.270. The molecule has 1 atom stereocenters. The molecular formula is C12H18FNO3S. The van der Waals surface area contributed by atoms with Crippen LogP contribution in [0.3, 0.4) is 0 Å². The van der Waals surface area contributed by atoms with Gasteiger partial charge < -0.3 is 10.4 Å². The molecule has 1 aromatic carbocycles. The topological polar surface area (TPSA) is 66.4 Å². The molecule has 0 amide bonds. The number of hydrogen-bond acceptors (Lipinski definition) is 4. The highest BCUT2D eigenvalue weighted by atomic mass is 32.2. The highest BCUT2D eigenvalue weighted by Gasteiger charge is 2.20. The Morgan fingerprint density at radius 1 is 1.44 bits per heavy atom. The molecule has 0 aliphatic rings. The van der Waals surface area contributed by atoms with E-state index in [1.165, 1.54) is 18.2 Å².